The van der Waals surface area contributed by atoms with Crippen molar-refractivity contribution in [2.45, 2.75) is 24.7 Å². The fourth-order valence-electron chi connectivity index (χ4n) is 2.45. The number of rotatable bonds is 4. The number of hydrogen-bond acceptors (Lipinski definition) is 2. The first kappa shape index (κ1) is 10.8. The van der Waals surface area contributed by atoms with E-state index < -0.39 is 11.4 Å². The minimum absolute atomic E-state index is 0.571. The van der Waals surface area contributed by atoms with Gasteiger partial charge in [-0.2, -0.15) is 0 Å². The van der Waals surface area contributed by atoms with E-state index in [0.29, 0.717) is 5.92 Å². The molecule has 1 N–H and O–H groups in total. The third kappa shape index (κ3) is 1.84. The highest BCUT2D eigenvalue weighted by Gasteiger charge is 2.51. The van der Waals surface area contributed by atoms with E-state index in [9.17, 15) is 9.90 Å². The van der Waals surface area contributed by atoms with E-state index in [4.69, 9.17) is 4.74 Å². The molecule has 17 heavy (non-hydrogen) atoms. The smallest absolute Gasteiger partial charge is 0.314 e. The van der Waals surface area contributed by atoms with Crippen molar-refractivity contribution in [3.05, 3.63) is 35.4 Å². The van der Waals surface area contributed by atoms with Crippen molar-refractivity contribution < 1.29 is 14.6 Å². The van der Waals surface area contributed by atoms with Crippen LogP contribution in [0.3, 0.4) is 0 Å². The summed E-state index contributed by atoms with van der Waals surface area (Å²) in [6, 6.07) is 8.10. The van der Waals surface area contributed by atoms with Crippen molar-refractivity contribution in [3.63, 3.8) is 0 Å². The number of carboxylic acid groups (broad SMARTS) is 1. The summed E-state index contributed by atoms with van der Waals surface area (Å²) in [5.41, 5.74) is 1.67. The predicted octanol–water partition coefficient (Wildman–Crippen LogP) is 1.99. The Morgan fingerprint density at radius 2 is 1.94 bits per heavy atom. The first-order chi connectivity index (χ1) is 8.21. The molecule has 0 atom stereocenters. The van der Waals surface area contributed by atoms with Crippen LogP contribution in [0.25, 0.3) is 0 Å². The van der Waals surface area contributed by atoms with Gasteiger partial charge in [-0.1, -0.05) is 24.3 Å². The molecule has 90 valence electrons. The van der Waals surface area contributed by atoms with Gasteiger partial charge in [-0.3, -0.25) is 4.79 Å². The maximum Gasteiger partial charge on any atom is 0.314 e. The summed E-state index contributed by atoms with van der Waals surface area (Å²) >= 11 is 0. The lowest BCUT2D eigenvalue weighted by atomic mass is 9.92. The highest BCUT2D eigenvalue weighted by atomic mass is 16.5. The van der Waals surface area contributed by atoms with Crippen molar-refractivity contribution in [2.75, 3.05) is 13.2 Å². The minimum atomic E-state index is -0.683. The Morgan fingerprint density at radius 3 is 2.35 bits per heavy atom. The zero-order chi connectivity index (χ0) is 11.9. The average molecular weight is 232 g/mol. The molecule has 3 heteroatoms. The molecule has 0 radical (unpaired) electrons. The number of hydrogen-bond donors (Lipinski definition) is 1. The first-order valence-electron chi connectivity index (χ1n) is 6.11. The van der Waals surface area contributed by atoms with Crippen molar-refractivity contribution in [2.24, 2.45) is 5.92 Å². The molecule has 0 spiro atoms. The number of benzene rings is 1. The van der Waals surface area contributed by atoms with E-state index in [-0.39, 0.29) is 0 Å². The van der Waals surface area contributed by atoms with Gasteiger partial charge >= 0.3 is 5.97 Å². The van der Waals surface area contributed by atoms with Crippen LogP contribution in [0.15, 0.2) is 24.3 Å². The summed E-state index contributed by atoms with van der Waals surface area (Å²) in [6.45, 7) is 1.72. The maximum absolute atomic E-state index is 11.2. The summed E-state index contributed by atoms with van der Waals surface area (Å²) in [5.74, 6) is -0.0344. The van der Waals surface area contributed by atoms with E-state index in [2.05, 4.69) is 12.1 Å². The monoisotopic (exact) mass is 232 g/mol. The second-order valence-corrected chi connectivity index (χ2v) is 5.19. The first-order valence-corrected chi connectivity index (χ1v) is 6.11. The van der Waals surface area contributed by atoms with Gasteiger partial charge in [0.2, 0.25) is 0 Å². The van der Waals surface area contributed by atoms with Crippen LogP contribution in [0.4, 0.5) is 0 Å². The largest absolute Gasteiger partial charge is 0.481 e. The van der Waals surface area contributed by atoms with Crippen LogP contribution in [-0.2, 0) is 21.4 Å². The van der Waals surface area contributed by atoms with Gasteiger partial charge in [0.15, 0.2) is 0 Å². The Kier molecular flexibility index (Phi) is 2.44. The molecule has 1 aromatic rings. The van der Waals surface area contributed by atoms with Gasteiger partial charge in [0.1, 0.15) is 0 Å². The van der Waals surface area contributed by atoms with Crippen LogP contribution < -0.4 is 0 Å². The topological polar surface area (TPSA) is 46.5 Å². The van der Waals surface area contributed by atoms with E-state index in [1.54, 1.807) is 0 Å². The molecule has 0 unspecified atom stereocenters. The molecule has 0 amide bonds. The van der Waals surface area contributed by atoms with Gasteiger partial charge in [-0.15, -0.1) is 0 Å². The van der Waals surface area contributed by atoms with Gasteiger partial charge in [0.05, 0.1) is 18.6 Å². The Bertz CT molecular complexity index is 427. The molecule has 1 saturated carbocycles. The number of carboxylic acids is 1. The summed E-state index contributed by atoms with van der Waals surface area (Å²) in [7, 11) is 0. The minimum Gasteiger partial charge on any atom is -0.481 e. The maximum atomic E-state index is 11.2. The normalized spacial score (nSPS) is 21.9. The molecule has 0 aromatic heterocycles. The summed E-state index contributed by atoms with van der Waals surface area (Å²) in [5, 5.41) is 9.20. The molecule has 2 fully saturated rings. The molecule has 3 rings (SSSR count). The fourth-order valence-corrected chi connectivity index (χ4v) is 2.45. The van der Waals surface area contributed by atoms with Gasteiger partial charge in [0, 0.05) is 5.92 Å². The van der Waals surface area contributed by atoms with E-state index in [1.165, 1.54) is 5.56 Å². The second kappa shape index (κ2) is 3.84. The zero-order valence-electron chi connectivity index (χ0n) is 9.69. The number of carbonyl (C=O) groups is 1. The van der Waals surface area contributed by atoms with Gasteiger partial charge < -0.3 is 9.84 Å². The molecule has 0 bridgehead atoms. The molecule has 1 heterocycles. The van der Waals surface area contributed by atoms with Crippen LogP contribution in [0.2, 0.25) is 0 Å². The standard InChI is InChI=1S/C14H16O3/c15-13(16)14(5-6-14)12-3-1-10(2-4-12)7-11-8-17-9-11/h1-4,11H,5-9H2,(H,15,16). The van der Waals surface area contributed by atoms with Gasteiger partial charge in [-0.05, 0) is 30.4 Å². The Labute approximate surface area is 100 Å². The van der Waals surface area contributed by atoms with E-state index in [1.807, 2.05) is 12.1 Å². The second-order valence-electron chi connectivity index (χ2n) is 5.19. The Morgan fingerprint density at radius 1 is 1.29 bits per heavy atom. The zero-order valence-corrected chi connectivity index (χ0v) is 9.69. The summed E-state index contributed by atoms with van der Waals surface area (Å²) < 4.78 is 5.15. The van der Waals surface area contributed by atoms with Crippen molar-refractivity contribution in [1.82, 2.24) is 0 Å². The lowest BCUT2D eigenvalue weighted by Gasteiger charge is -2.26. The third-order valence-electron chi connectivity index (χ3n) is 3.90. The van der Waals surface area contributed by atoms with Crippen LogP contribution in [-0.4, -0.2) is 24.3 Å². The molecular formula is C14H16O3. The molecule has 2 aliphatic rings. The Hall–Kier alpha value is -1.35. The van der Waals surface area contributed by atoms with E-state index in [0.717, 1.165) is 38.0 Å². The van der Waals surface area contributed by atoms with Crippen molar-refractivity contribution >= 4 is 5.97 Å². The molecule has 1 aliphatic heterocycles. The lowest BCUT2D eigenvalue weighted by Crippen LogP contribution is -2.29. The number of aliphatic carboxylic acids is 1. The molecular weight excluding hydrogens is 216 g/mol. The average Bonchev–Trinajstić information content (AvgIpc) is 3.05. The molecule has 1 saturated heterocycles. The highest BCUT2D eigenvalue weighted by molar-refractivity contribution is 5.84. The Balaban J connectivity index is 1.73. The van der Waals surface area contributed by atoms with Crippen molar-refractivity contribution in [3.8, 4) is 0 Å². The van der Waals surface area contributed by atoms with Crippen LogP contribution >= 0.6 is 0 Å². The van der Waals surface area contributed by atoms with Gasteiger partial charge in [0.25, 0.3) is 0 Å². The highest BCUT2D eigenvalue weighted by Crippen LogP contribution is 2.48. The fraction of sp³-hybridized carbons (Fsp3) is 0.500. The molecule has 3 nitrogen and oxygen atoms in total. The SMILES string of the molecule is O=C(O)C1(c2ccc(CC3COC3)cc2)CC1. The summed E-state index contributed by atoms with van der Waals surface area (Å²) in [4.78, 5) is 11.2. The lowest BCUT2D eigenvalue weighted by molar-refractivity contribution is -0.140. The number of ether oxygens (including phenoxy) is 1. The van der Waals surface area contributed by atoms with E-state index >= 15 is 0 Å². The van der Waals surface area contributed by atoms with Crippen LogP contribution in [0.5, 0.6) is 0 Å². The van der Waals surface area contributed by atoms with Crippen LogP contribution in [0, 0.1) is 5.92 Å². The quantitative estimate of drug-likeness (QED) is 0.863. The third-order valence-corrected chi connectivity index (χ3v) is 3.90. The van der Waals surface area contributed by atoms with Crippen LogP contribution in [0.1, 0.15) is 24.0 Å². The van der Waals surface area contributed by atoms with Crippen molar-refractivity contribution in [1.29, 1.82) is 0 Å². The predicted molar refractivity (Wildman–Crippen MR) is 63.0 cm³/mol. The van der Waals surface area contributed by atoms with Gasteiger partial charge in [-0.25, -0.2) is 0 Å². The molecule has 1 aromatic carbocycles. The molecule has 1 aliphatic carbocycles. The summed E-state index contributed by atoms with van der Waals surface area (Å²) in [6.07, 6.45) is 2.59.